The number of primary sulfonamides is 1. The Morgan fingerprint density at radius 3 is 2.33 bits per heavy atom. The number of hydrogen-bond acceptors (Lipinski definition) is 6. The second-order valence-corrected chi connectivity index (χ2v) is 8.05. The van der Waals surface area contributed by atoms with Gasteiger partial charge >= 0.3 is 0 Å². The van der Waals surface area contributed by atoms with Crippen molar-refractivity contribution in [3.05, 3.63) is 78.0 Å². The standard InChI is InChI=1S/C21H22N4O4S/c1-2-29-18-11-9-16(10-12-18)24-20-19(4-3-13-23-20)21(26)25-17-7-5-15(6-8-17)14-30(22,27)28/h3-13H,2,14H2,1H3,(H,23,24)(H,25,26)(H2,22,27,28). The molecule has 0 aliphatic carbocycles. The second kappa shape index (κ2) is 9.38. The molecule has 156 valence electrons. The number of aromatic nitrogens is 1. The Hall–Kier alpha value is -3.43. The molecule has 0 spiro atoms. The molecule has 0 fully saturated rings. The number of carbonyl (C=O) groups is 1. The van der Waals surface area contributed by atoms with Crippen molar-refractivity contribution in [3.63, 3.8) is 0 Å². The summed E-state index contributed by atoms with van der Waals surface area (Å²) in [5.74, 6) is 0.550. The van der Waals surface area contributed by atoms with Gasteiger partial charge in [0.1, 0.15) is 11.6 Å². The SMILES string of the molecule is CCOc1ccc(Nc2ncccc2C(=O)Nc2ccc(CS(N)(=O)=O)cc2)cc1. The van der Waals surface area contributed by atoms with Crippen molar-refractivity contribution < 1.29 is 17.9 Å². The Morgan fingerprint density at radius 1 is 1.03 bits per heavy atom. The molecule has 0 aliphatic rings. The number of hydrogen-bond donors (Lipinski definition) is 3. The lowest BCUT2D eigenvalue weighted by atomic mass is 10.2. The number of carbonyl (C=O) groups excluding carboxylic acids is 1. The maximum Gasteiger partial charge on any atom is 0.259 e. The van der Waals surface area contributed by atoms with Crippen LogP contribution < -0.4 is 20.5 Å². The molecule has 0 radical (unpaired) electrons. The van der Waals surface area contributed by atoms with Gasteiger partial charge in [-0.05, 0) is 61.0 Å². The third kappa shape index (κ3) is 6.03. The summed E-state index contributed by atoms with van der Waals surface area (Å²) in [6, 6.07) is 17.1. The van der Waals surface area contributed by atoms with E-state index in [1.165, 1.54) is 0 Å². The van der Waals surface area contributed by atoms with Crippen molar-refractivity contribution in [2.24, 2.45) is 5.14 Å². The van der Waals surface area contributed by atoms with Gasteiger partial charge in [-0.25, -0.2) is 18.5 Å². The average molecular weight is 426 g/mol. The van der Waals surface area contributed by atoms with E-state index in [-0.39, 0.29) is 11.7 Å². The van der Waals surface area contributed by atoms with E-state index in [2.05, 4.69) is 15.6 Å². The van der Waals surface area contributed by atoms with Gasteiger partial charge in [0.2, 0.25) is 10.0 Å². The van der Waals surface area contributed by atoms with E-state index < -0.39 is 10.0 Å². The number of anilines is 3. The third-order valence-corrected chi connectivity index (χ3v) is 4.80. The predicted molar refractivity (Wildman–Crippen MR) is 116 cm³/mol. The number of benzene rings is 2. The monoisotopic (exact) mass is 426 g/mol. The summed E-state index contributed by atoms with van der Waals surface area (Å²) in [6.07, 6.45) is 1.59. The number of rotatable bonds is 8. The molecule has 0 bridgehead atoms. The van der Waals surface area contributed by atoms with Gasteiger partial charge < -0.3 is 15.4 Å². The molecule has 4 N–H and O–H groups in total. The van der Waals surface area contributed by atoms with Crippen LogP contribution in [0, 0.1) is 0 Å². The van der Waals surface area contributed by atoms with Crippen molar-refractivity contribution in [2.75, 3.05) is 17.2 Å². The van der Waals surface area contributed by atoms with Crippen LogP contribution in [0.5, 0.6) is 5.75 Å². The highest BCUT2D eigenvalue weighted by atomic mass is 32.2. The number of amides is 1. The minimum absolute atomic E-state index is 0.264. The largest absolute Gasteiger partial charge is 0.494 e. The number of pyridine rings is 1. The van der Waals surface area contributed by atoms with Crippen LogP contribution in [0.3, 0.4) is 0 Å². The van der Waals surface area contributed by atoms with Crippen LogP contribution in [-0.4, -0.2) is 25.9 Å². The Kier molecular flexibility index (Phi) is 6.65. The number of nitrogens with two attached hydrogens (primary N) is 1. The highest BCUT2D eigenvalue weighted by Crippen LogP contribution is 2.22. The van der Waals surface area contributed by atoms with Crippen molar-refractivity contribution in [3.8, 4) is 5.75 Å². The topological polar surface area (TPSA) is 123 Å². The summed E-state index contributed by atoms with van der Waals surface area (Å²) in [7, 11) is -3.61. The van der Waals surface area contributed by atoms with Gasteiger partial charge in [0.05, 0.1) is 17.9 Å². The molecule has 3 aromatic rings. The van der Waals surface area contributed by atoms with Gasteiger partial charge in [0.25, 0.3) is 5.91 Å². The lowest BCUT2D eigenvalue weighted by Crippen LogP contribution is -2.15. The maximum absolute atomic E-state index is 12.8. The molecule has 0 atom stereocenters. The first-order valence-corrected chi connectivity index (χ1v) is 10.9. The summed E-state index contributed by atoms with van der Waals surface area (Å²) in [4.78, 5) is 17.0. The second-order valence-electron chi connectivity index (χ2n) is 6.44. The van der Waals surface area contributed by atoms with E-state index in [0.29, 0.717) is 29.2 Å². The van der Waals surface area contributed by atoms with Crippen LogP contribution in [-0.2, 0) is 15.8 Å². The van der Waals surface area contributed by atoms with Gasteiger partial charge in [-0.2, -0.15) is 0 Å². The van der Waals surface area contributed by atoms with Crippen molar-refractivity contribution >= 4 is 33.1 Å². The highest BCUT2D eigenvalue weighted by molar-refractivity contribution is 7.88. The molecule has 3 rings (SSSR count). The van der Waals surface area contributed by atoms with Crippen molar-refractivity contribution in [2.45, 2.75) is 12.7 Å². The van der Waals surface area contributed by atoms with Gasteiger partial charge in [-0.1, -0.05) is 12.1 Å². The van der Waals surface area contributed by atoms with Crippen LogP contribution in [0.2, 0.25) is 0 Å². The lowest BCUT2D eigenvalue weighted by molar-refractivity contribution is 0.102. The summed E-state index contributed by atoms with van der Waals surface area (Å²) in [6.45, 7) is 2.50. The van der Waals surface area contributed by atoms with E-state index in [4.69, 9.17) is 9.88 Å². The number of ether oxygens (including phenoxy) is 1. The number of nitrogens with zero attached hydrogens (tertiary/aromatic N) is 1. The molecule has 1 aromatic heterocycles. The molecule has 30 heavy (non-hydrogen) atoms. The Balaban J connectivity index is 1.72. The van der Waals surface area contributed by atoms with Gasteiger partial charge in [-0.3, -0.25) is 4.79 Å². The van der Waals surface area contributed by atoms with Crippen LogP contribution in [0.25, 0.3) is 0 Å². The predicted octanol–water partition coefficient (Wildman–Crippen LogP) is 3.26. The van der Waals surface area contributed by atoms with Gasteiger partial charge in [0.15, 0.2) is 0 Å². The van der Waals surface area contributed by atoms with Crippen molar-refractivity contribution in [1.82, 2.24) is 4.98 Å². The van der Waals surface area contributed by atoms with Gasteiger partial charge in [-0.15, -0.1) is 0 Å². The van der Waals surface area contributed by atoms with Gasteiger partial charge in [0, 0.05) is 17.6 Å². The maximum atomic E-state index is 12.8. The molecule has 1 amide bonds. The molecule has 0 unspecified atom stereocenters. The zero-order valence-electron chi connectivity index (χ0n) is 16.3. The highest BCUT2D eigenvalue weighted by Gasteiger charge is 2.13. The number of nitrogens with one attached hydrogen (secondary N) is 2. The molecule has 0 saturated heterocycles. The van der Waals surface area contributed by atoms with E-state index in [1.807, 2.05) is 31.2 Å². The smallest absolute Gasteiger partial charge is 0.259 e. The third-order valence-electron chi connectivity index (χ3n) is 4.06. The van der Waals surface area contributed by atoms with E-state index in [1.54, 1.807) is 42.6 Å². The van der Waals surface area contributed by atoms with Crippen LogP contribution in [0.4, 0.5) is 17.2 Å². The Labute approximate surface area is 175 Å². The molecule has 1 heterocycles. The Bertz CT molecular complexity index is 1110. The molecular weight excluding hydrogens is 404 g/mol. The first-order chi connectivity index (χ1) is 14.3. The fraction of sp³-hybridized carbons (Fsp3) is 0.143. The fourth-order valence-electron chi connectivity index (χ4n) is 2.74. The van der Waals surface area contributed by atoms with Crippen molar-refractivity contribution in [1.29, 1.82) is 0 Å². The molecule has 0 aliphatic heterocycles. The molecule has 9 heteroatoms. The lowest BCUT2D eigenvalue weighted by Gasteiger charge is -2.12. The minimum atomic E-state index is -3.61. The van der Waals surface area contributed by atoms with E-state index in [9.17, 15) is 13.2 Å². The summed E-state index contributed by atoms with van der Waals surface area (Å²) in [5.41, 5.74) is 2.18. The first kappa shape index (κ1) is 21.3. The molecule has 0 saturated carbocycles. The average Bonchev–Trinajstić information content (AvgIpc) is 2.70. The molecule has 8 nitrogen and oxygen atoms in total. The summed E-state index contributed by atoms with van der Waals surface area (Å²) < 4.78 is 27.8. The Morgan fingerprint density at radius 2 is 1.70 bits per heavy atom. The molecular formula is C21H22N4O4S. The van der Waals surface area contributed by atoms with E-state index in [0.717, 1.165) is 11.4 Å². The molecule has 2 aromatic carbocycles. The zero-order chi connectivity index (χ0) is 21.6. The van der Waals surface area contributed by atoms with Crippen LogP contribution in [0.15, 0.2) is 66.9 Å². The summed E-state index contributed by atoms with van der Waals surface area (Å²) in [5, 5.41) is 11.0. The normalized spacial score (nSPS) is 11.0. The van der Waals surface area contributed by atoms with E-state index >= 15 is 0 Å². The fourth-order valence-corrected chi connectivity index (χ4v) is 3.40. The van der Waals surface area contributed by atoms with Crippen LogP contribution in [0.1, 0.15) is 22.8 Å². The minimum Gasteiger partial charge on any atom is -0.494 e. The first-order valence-electron chi connectivity index (χ1n) is 9.20. The quantitative estimate of drug-likeness (QED) is 0.508. The zero-order valence-corrected chi connectivity index (χ0v) is 17.1. The summed E-state index contributed by atoms with van der Waals surface area (Å²) >= 11 is 0. The number of sulfonamides is 1. The van der Waals surface area contributed by atoms with Crippen LogP contribution >= 0.6 is 0 Å².